The first-order chi connectivity index (χ1) is 8.77. The Balaban J connectivity index is 1.82. The average molecular weight is 242 g/mol. The minimum absolute atomic E-state index is 0.108. The van der Waals surface area contributed by atoms with E-state index in [2.05, 4.69) is 41.5 Å². The molecule has 1 aromatic heterocycles. The van der Waals surface area contributed by atoms with Gasteiger partial charge in [0, 0.05) is 30.3 Å². The predicted molar refractivity (Wildman–Crippen MR) is 72.4 cm³/mol. The zero-order chi connectivity index (χ0) is 12.4. The molecule has 0 amide bonds. The zero-order valence-corrected chi connectivity index (χ0v) is 10.6. The van der Waals surface area contributed by atoms with E-state index in [-0.39, 0.29) is 5.54 Å². The molecule has 0 aliphatic carbocycles. The summed E-state index contributed by atoms with van der Waals surface area (Å²) in [6.07, 6.45) is 2.93. The van der Waals surface area contributed by atoms with E-state index >= 15 is 0 Å². The maximum atomic E-state index is 5.46. The van der Waals surface area contributed by atoms with Crippen LogP contribution in [0.15, 0.2) is 36.5 Å². The van der Waals surface area contributed by atoms with Crippen LogP contribution < -0.4 is 5.32 Å². The van der Waals surface area contributed by atoms with Crippen molar-refractivity contribution < 1.29 is 4.74 Å². The van der Waals surface area contributed by atoms with Gasteiger partial charge in [-0.15, -0.1) is 0 Å². The first-order valence-electron chi connectivity index (χ1n) is 6.42. The number of nitrogens with zero attached hydrogens (tertiary/aromatic N) is 1. The fraction of sp³-hybridized carbons (Fsp3) is 0.400. The highest BCUT2D eigenvalue weighted by Crippen LogP contribution is 2.20. The molecular formula is C15H18N2O. The lowest BCUT2D eigenvalue weighted by atomic mass is 10.0. The molecule has 0 saturated carbocycles. The summed E-state index contributed by atoms with van der Waals surface area (Å²) < 4.78 is 5.46. The molecule has 1 unspecified atom stereocenters. The Kier molecular flexibility index (Phi) is 3.02. The second-order valence-electron chi connectivity index (χ2n) is 5.21. The average Bonchev–Trinajstić information content (AvgIpc) is 2.84. The van der Waals surface area contributed by atoms with Crippen molar-refractivity contribution >= 4 is 10.9 Å². The molecule has 1 N–H and O–H groups in total. The topological polar surface area (TPSA) is 34.2 Å². The normalized spacial score (nSPS) is 23.6. The third-order valence-corrected chi connectivity index (χ3v) is 3.64. The second-order valence-corrected chi connectivity index (χ2v) is 5.21. The Morgan fingerprint density at radius 1 is 1.33 bits per heavy atom. The fourth-order valence-corrected chi connectivity index (χ4v) is 2.43. The van der Waals surface area contributed by atoms with E-state index in [1.54, 1.807) is 0 Å². The SMILES string of the molecule is CC1(NCc2cccc3cccnc23)CCOC1. The summed E-state index contributed by atoms with van der Waals surface area (Å²) in [5, 5.41) is 4.80. The molecule has 3 nitrogen and oxygen atoms in total. The van der Waals surface area contributed by atoms with Crippen molar-refractivity contribution in [1.29, 1.82) is 0 Å². The van der Waals surface area contributed by atoms with E-state index in [0.717, 1.165) is 31.7 Å². The van der Waals surface area contributed by atoms with E-state index in [1.807, 2.05) is 12.3 Å². The summed E-state index contributed by atoms with van der Waals surface area (Å²) >= 11 is 0. The van der Waals surface area contributed by atoms with Gasteiger partial charge in [0.1, 0.15) is 0 Å². The van der Waals surface area contributed by atoms with Crippen LogP contribution in [-0.2, 0) is 11.3 Å². The summed E-state index contributed by atoms with van der Waals surface area (Å²) in [7, 11) is 0. The summed E-state index contributed by atoms with van der Waals surface area (Å²) in [4.78, 5) is 4.48. The van der Waals surface area contributed by atoms with Gasteiger partial charge in [0.05, 0.1) is 12.1 Å². The highest BCUT2D eigenvalue weighted by molar-refractivity contribution is 5.81. The van der Waals surface area contributed by atoms with Gasteiger partial charge in [0.25, 0.3) is 0 Å². The Morgan fingerprint density at radius 3 is 3.06 bits per heavy atom. The van der Waals surface area contributed by atoms with Crippen molar-refractivity contribution in [3.8, 4) is 0 Å². The van der Waals surface area contributed by atoms with E-state index in [4.69, 9.17) is 4.74 Å². The van der Waals surface area contributed by atoms with Crippen LogP contribution >= 0.6 is 0 Å². The summed E-state index contributed by atoms with van der Waals surface area (Å²) in [5.74, 6) is 0. The molecule has 3 rings (SSSR count). The number of aromatic nitrogens is 1. The molecule has 1 fully saturated rings. The van der Waals surface area contributed by atoms with Crippen molar-refractivity contribution in [2.75, 3.05) is 13.2 Å². The highest BCUT2D eigenvalue weighted by atomic mass is 16.5. The first kappa shape index (κ1) is 11.6. The summed E-state index contributed by atoms with van der Waals surface area (Å²) in [6.45, 7) is 4.72. The molecule has 1 aliphatic heterocycles. The smallest absolute Gasteiger partial charge is 0.0746 e. The van der Waals surface area contributed by atoms with E-state index in [0.29, 0.717) is 0 Å². The molecule has 18 heavy (non-hydrogen) atoms. The van der Waals surface area contributed by atoms with Gasteiger partial charge in [0.2, 0.25) is 0 Å². The Morgan fingerprint density at radius 2 is 2.22 bits per heavy atom. The number of para-hydroxylation sites is 1. The Hall–Kier alpha value is -1.45. The van der Waals surface area contributed by atoms with Crippen molar-refractivity contribution in [3.05, 3.63) is 42.1 Å². The number of pyridine rings is 1. The molecule has 1 aliphatic rings. The largest absolute Gasteiger partial charge is 0.379 e. The molecule has 0 spiro atoms. The molecule has 1 saturated heterocycles. The monoisotopic (exact) mass is 242 g/mol. The number of nitrogens with one attached hydrogen (secondary N) is 1. The number of benzene rings is 1. The van der Waals surface area contributed by atoms with Crippen molar-refractivity contribution in [3.63, 3.8) is 0 Å². The van der Waals surface area contributed by atoms with E-state index in [1.165, 1.54) is 10.9 Å². The van der Waals surface area contributed by atoms with Crippen LogP contribution in [0.25, 0.3) is 10.9 Å². The van der Waals surface area contributed by atoms with Crippen LogP contribution in [-0.4, -0.2) is 23.7 Å². The minimum atomic E-state index is 0.108. The summed E-state index contributed by atoms with van der Waals surface area (Å²) in [6, 6.07) is 10.4. The van der Waals surface area contributed by atoms with Crippen molar-refractivity contribution in [2.45, 2.75) is 25.4 Å². The second kappa shape index (κ2) is 4.67. The molecule has 3 heteroatoms. The van der Waals surface area contributed by atoms with Gasteiger partial charge < -0.3 is 10.1 Å². The lowest BCUT2D eigenvalue weighted by Crippen LogP contribution is -2.42. The van der Waals surface area contributed by atoms with Gasteiger partial charge in [-0.2, -0.15) is 0 Å². The maximum absolute atomic E-state index is 5.46. The van der Waals surface area contributed by atoms with Crippen LogP contribution in [0.5, 0.6) is 0 Å². The van der Waals surface area contributed by atoms with Crippen LogP contribution in [0.2, 0.25) is 0 Å². The van der Waals surface area contributed by atoms with E-state index < -0.39 is 0 Å². The Labute approximate surface area is 107 Å². The van der Waals surface area contributed by atoms with Crippen LogP contribution in [0.3, 0.4) is 0 Å². The number of rotatable bonds is 3. The lowest BCUT2D eigenvalue weighted by molar-refractivity contribution is 0.171. The lowest BCUT2D eigenvalue weighted by Gasteiger charge is -2.23. The van der Waals surface area contributed by atoms with Gasteiger partial charge in [-0.1, -0.05) is 24.3 Å². The van der Waals surface area contributed by atoms with Crippen molar-refractivity contribution in [2.24, 2.45) is 0 Å². The van der Waals surface area contributed by atoms with Gasteiger partial charge in [-0.3, -0.25) is 4.98 Å². The quantitative estimate of drug-likeness (QED) is 0.898. The third-order valence-electron chi connectivity index (χ3n) is 3.64. The molecular weight excluding hydrogens is 224 g/mol. The first-order valence-corrected chi connectivity index (χ1v) is 6.42. The molecule has 1 atom stereocenters. The predicted octanol–water partition coefficient (Wildman–Crippen LogP) is 2.50. The standard InChI is InChI=1S/C15H18N2O/c1-15(7-9-18-11-15)17-10-13-5-2-4-12-6-3-8-16-14(12)13/h2-6,8,17H,7,9-11H2,1H3. The molecule has 94 valence electrons. The fourth-order valence-electron chi connectivity index (χ4n) is 2.43. The van der Waals surface area contributed by atoms with Gasteiger partial charge in [-0.25, -0.2) is 0 Å². The van der Waals surface area contributed by atoms with Crippen LogP contribution in [0.4, 0.5) is 0 Å². The van der Waals surface area contributed by atoms with Gasteiger partial charge >= 0.3 is 0 Å². The molecule has 2 aromatic rings. The Bertz CT molecular complexity index is 542. The number of fused-ring (bicyclic) bond motifs is 1. The number of ether oxygens (including phenoxy) is 1. The van der Waals surface area contributed by atoms with Gasteiger partial charge in [-0.05, 0) is 25.0 Å². The number of hydrogen-bond acceptors (Lipinski definition) is 3. The van der Waals surface area contributed by atoms with E-state index in [9.17, 15) is 0 Å². The third kappa shape index (κ3) is 2.24. The van der Waals surface area contributed by atoms with Crippen LogP contribution in [0, 0.1) is 0 Å². The number of hydrogen-bond donors (Lipinski definition) is 1. The van der Waals surface area contributed by atoms with Crippen LogP contribution in [0.1, 0.15) is 18.9 Å². The van der Waals surface area contributed by atoms with Gasteiger partial charge in [0.15, 0.2) is 0 Å². The molecule has 0 radical (unpaired) electrons. The minimum Gasteiger partial charge on any atom is -0.379 e. The van der Waals surface area contributed by atoms with Crippen molar-refractivity contribution in [1.82, 2.24) is 10.3 Å². The molecule has 1 aromatic carbocycles. The molecule has 2 heterocycles. The summed E-state index contributed by atoms with van der Waals surface area (Å²) in [5.41, 5.74) is 2.45. The zero-order valence-electron chi connectivity index (χ0n) is 10.6. The highest BCUT2D eigenvalue weighted by Gasteiger charge is 2.28. The molecule has 0 bridgehead atoms. The maximum Gasteiger partial charge on any atom is 0.0746 e.